The van der Waals surface area contributed by atoms with Crippen LogP contribution >= 0.6 is 0 Å². The number of hydrogen-bond donors (Lipinski definition) is 0. The minimum absolute atomic E-state index is 0.130. The Hall–Kier alpha value is -1.84. The van der Waals surface area contributed by atoms with Gasteiger partial charge in [-0.15, -0.1) is 0 Å². The van der Waals surface area contributed by atoms with Gasteiger partial charge >= 0.3 is 11.9 Å². The molecule has 0 aliphatic heterocycles. The van der Waals surface area contributed by atoms with Crippen molar-refractivity contribution >= 4 is 11.9 Å². The molecule has 0 saturated carbocycles. The van der Waals surface area contributed by atoms with Crippen molar-refractivity contribution in [3.8, 4) is 0 Å². The maximum absolute atomic E-state index is 12.8. The molecule has 4 nitrogen and oxygen atoms in total. The van der Waals surface area contributed by atoms with E-state index in [4.69, 9.17) is 9.47 Å². The number of rotatable bonds is 16. The van der Waals surface area contributed by atoms with Crippen LogP contribution in [0.1, 0.15) is 138 Å². The molecule has 4 heteroatoms. The fourth-order valence-electron chi connectivity index (χ4n) is 3.61. The standard InChI is InChI=1S/C28H46O4/c1-6-8-10-12-14-16-20-31-26(29)24-19-18-23(28(3,4)5)22-25(24)27(30)32-21-17-15-13-11-9-7-2/h18-19,22H,6-17,20-21H2,1-5H3. The van der Waals surface area contributed by atoms with E-state index in [2.05, 4.69) is 34.6 Å². The molecule has 0 bridgehead atoms. The summed E-state index contributed by atoms with van der Waals surface area (Å²) in [5, 5.41) is 0. The molecule has 0 fully saturated rings. The molecule has 182 valence electrons. The van der Waals surface area contributed by atoms with E-state index in [9.17, 15) is 9.59 Å². The number of carbonyl (C=O) groups is 2. The van der Waals surface area contributed by atoms with Crippen LogP contribution in [0.2, 0.25) is 0 Å². The Morgan fingerprint density at radius 1 is 0.656 bits per heavy atom. The first-order valence-electron chi connectivity index (χ1n) is 12.8. The summed E-state index contributed by atoms with van der Waals surface area (Å²) in [6, 6.07) is 5.42. The third-order valence-corrected chi connectivity index (χ3v) is 5.79. The van der Waals surface area contributed by atoms with Gasteiger partial charge in [0.05, 0.1) is 24.3 Å². The molecule has 0 saturated heterocycles. The summed E-state index contributed by atoms with van der Waals surface area (Å²) in [5.74, 6) is -0.873. The Kier molecular flexibility index (Phi) is 14.0. The fourth-order valence-corrected chi connectivity index (χ4v) is 3.61. The van der Waals surface area contributed by atoms with Gasteiger partial charge in [0.15, 0.2) is 0 Å². The van der Waals surface area contributed by atoms with Gasteiger partial charge in [-0.3, -0.25) is 0 Å². The van der Waals surface area contributed by atoms with Crippen molar-refractivity contribution in [1.29, 1.82) is 0 Å². The zero-order valence-corrected chi connectivity index (χ0v) is 21.3. The third kappa shape index (κ3) is 11.2. The lowest BCUT2D eigenvalue weighted by Gasteiger charge is -2.20. The summed E-state index contributed by atoms with van der Waals surface area (Å²) in [4.78, 5) is 25.5. The molecule has 0 aromatic heterocycles. The number of benzene rings is 1. The minimum Gasteiger partial charge on any atom is -0.462 e. The first-order valence-corrected chi connectivity index (χ1v) is 12.8. The molecule has 0 atom stereocenters. The Balaban J connectivity index is 2.69. The van der Waals surface area contributed by atoms with Gasteiger partial charge < -0.3 is 9.47 Å². The Labute approximate surface area is 196 Å². The maximum Gasteiger partial charge on any atom is 0.339 e. The monoisotopic (exact) mass is 446 g/mol. The molecule has 1 rings (SSSR count). The Bertz CT molecular complexity index is 673. The molecule has 0 aliphatic carbocycles. The van der Waals surface area contributed by atoms with Crippen LogP contribution < -0.4 is 0 Å². The number of carbonyl (C=O) groups excluding carboxylic acids is 2. The Morgan fingerprint density at radius 3 is 1.56 bits per heavy atom. The van der Waals surface area contributed by atoms with Crippen LogP contribution in [0.5, 0.6) is 0 Å². The quantitative estimate of drug-likeness (QED) is 0.190. The van der Waals surface area contributed by atoms with Gasteiger partial charge in [-0.1, -0.05) is 105 Å². The summed E-state index contributed by atoms with van der Waals surface area (Å²) in [6.45, 7) is 11.4. The lowest BCUT2D eigenvalue weighted by Crippen LogP contribution is -2.18. The topological polar surface area (TPSA) is 52.6 Å². The second-order valence-corrected chi connectivity index (χ2v) is 9.82. The van der Waals surface area contributed by atoms with E-state index in [1.807, 2.05) is 6.07 Å². The molecule has 0 heterocycles. The molecule has 0 N–H and O–H groups in total. The van der Waals surface area contributed by atoms with Gasteiger partial charge in [0, 0.05) is 0 Å². The lowest BCUT2D eigenvalue weighted by molar-refractivity contribution is 0.0450. The highest BCUT2D eigenvalue weighted by molar-refractivity contribution is 6.03. The van der Waals surface area contributed by atoms with Gasteiger partial charge in [0.2, 0.25) is 0 Å². The van der Waals surface area contributed by atoms with Crippen molar-refractivity contribution < 1.29 is 19.1 Å². The zero-order chi connectivity index (χ0) is 23.8. The highest BCUT2D eigenvalue weighted by Crippen LogP contribution is 2.26. The van der Waals surface area contributed by atoms with Crippen LogP contribution in [0.25, 0.3) is 0 Å². The summed E-state index contributed by atoms with van der Waals surface area (Å²) in [5.41, 5.74) is 1.49. The largest absolute Gasteiger partial charge is 0.462 e. The molecule has 0 amide bonds. The number of hydrogen-bond acceptors (Lipinski definition) is 4. The average molecular weight is 447 g/mol. The van der Waals surface area contributed by atoms with Crippen LogP contribution in [0, 0.1) is 0 Å². The number of unbranched alkanes of at least 4 members (excludes halogenated alkanes) is 10. The maximum atomic E-state index is 12.8. The van der Waals surface area contributed by atoms with Crippen molar-refractivity contribution in [2.24, 2.45) is 0 Å². The molecule has 1 aromatic carbocycles. The minimum atomic E-state index is -0.439. The molecular weight excluding hydrogens is 400 g/mol. The van der Waals surface area contributed by atoms with Crippen molar-refractivity contribution in [2.75, 3.05) is 13.2 Å². The van der Waals surface area contributed by atoms with E-state index < -0.39 is 11.9 Å². The Morgan fingerprint density at radius 2 is 1.09 bits per heavy atom. The summed E-state index contributed by atoms with van der Waals surface area (Å²) >= 11 is 0. The van der Waals surface area contributed by atoms with Gasteiger partial charge in [-0.2, -0.15) is 0 Å². The van der Waals surface area contributed by atoms with Gasteiger partial charge in [-0.25, -0.2) is 9.59 Å². The molecular formula is C28H46O4. The average Bonchev–Trinajstić information content (AvgIpc) is 2.76. The highest BCUT2D eigenvalue weighted by Gasteiger charge is 2.23. The predicted molar refractivity (Wildman–Crippen MR) is 132 cm³/mol. The first-order chi connectivity index (χ1) is 15.3. The molecule has 0 unspecified atom stereocenters. The SMILES string of the molecule is CCCCCCCCOC(=O)c1ccc(C(C)(C)C)cc1C(=O)OCCCCCCCC. The normalized spacial score (nSPS) is 11.4. The van der Waals surface area contributed by atoms with E-state index in [1.54, 1.807) is 12.1 Å². The van der Waals surface area contributed by atoms with Crippen molar-refractivity contribution in [3.05, 3.63) is 34.9 Å². The molecule has 0 spiro atoms. The van der Waals surface area contributed by atoms with Crippen molar-refractivity contribution in [1.82, 2.24) is 0 Å². The van der Waals surface area contributed by atoms with Crippen LogP contribution in [0.15, 0.2) is 18.2 Å². The fraction of sp³-hybridized carbons (Fsp3) is 0.714. The third-order valence-electron chi connectivity index (χ3n) is 5.79. The smallest absolute Gasteiger partial charge is 0.339 e. The van der Waals surface area contributed by atoms with Gasteiger partial charge in [0.25, 0.3) is 0 Å². The van der Waals surface area contributed by atoms with Crippen LogP contribution in [0.3, 0.4) is 0 Å². The second-order valence-electron chi connectivity index (χ2n) is 9.82. The van der Waals surface area contributed by atoms with Gasteiger partial charge in [-0.05, 0) is 36.0 Å². The van der Waals surface area contributed by atoms with Crippen LogP contribution in [0.4, 0.5) is 0 Å². The van der Waals surface area contributed by atoms with Crippen LogP contribution in [-0.4, -0.2) is 25.2 Å². The molecule has 0 aliphatic rings. The van der Waals surface area contributed by atoms with E-state index in [1.165, 1.54) is 51.4 Å². The first kappa shape index (κ1) is 28.2. The summed E-state index contributed by atoms with van der Waals surface area (Å²) < 4.78 is 11.0. The predicted octanol–water partition coefficient (Wildman–Crippen LogP) is 8.02. The van der Waals surface area contributed by atoms with E-state index in [0.29, 0.717) is 24.3 Å². The van der Waals surface area contributed by atoms with Gasteiger partial charge in [0.1, 0.15) is 0 Å². The van der Waals surface area contributed by atoms with Crippen molar-refractivity contribution in [3.63, 3.8) is 0 Å². The lowest BCUT2D eigenvalue weighted by atomic mass is 9.85. The highest BCUT2D eigenvalue weighted by atomic mass is 16.5. The molecule has 1 aromatic rings. The van der Waals surface area contributed by atoms with E-state index >= 15 is 0 Å². The van der Waals surface area contributed by atoms with Crippen molar-refractivity contribution in [2.45, 2.75) is 117 Å². The molecule has 32 heavy (non-hydrogen) atoms. The zero-order valence-electron chi connectivity index (χ0n) is 21.3. The van der Waals surface area contributed by atoms with Crippen LogP contribution in [-0.2, 0) is 14.9 Å². The van der Waals surface area contributed by atoms with E-state index in [0.717, 1.165) is 31.2 Å². The second kappa shape index (κ2) is 15.9. The number of esters is 2. The van der Waals surface area contributed by atoms with E-state index in [-0.39, 0.29) is 5.41 Å². The molecule has 0 radical (unpaired) electrons. The summed E-state index contributed by atoms with van der Waals surface area (Å²) in [6.07, 6.45) is 13.6. The summed E-state index contributed by atoms with van der Waals surface area (Å²) in [7, 11) is 0. The number of ether oxygens (including phenoxy) is 2.